The zero-order valence-electron chi connectivity index (χ0n) is 19.0. The molecular weight excluding hydrogens is 477 g/mol. The fourth-order valence-corrected chi connectivity index (χ4v) is 5.08. The standard InChI is InChI=1S/C23H24FN5O5S/c1-12-6-17(28-9-13(10-28)21(31)25-7-14-4-2-3-5-34-14)27-20-18(12)19(30)15(22(32)33)11-29(20)23-26-8-16(24)35-23/h6,8,11,13-14H,2-5,7,9-10H2,1H3,(H,25,31)(H,32,33). The number of thiazole rings is 1. The van der Waals surface area contributed by atoms with Gasteiger partial charge in [0.15, 0.2) is 15.9 Å². The van der Waals surface area contributed by atoms with Crippen LogP contribution >= 0.6 is 11.3 Å². The van der Waals surface area contributed by atoms with E-state index in [0.29, 0.717) is 42.4 Å². The SMILES string of the molecule is Cc1cc(N2CC(C(=O)NCC3CCCCO3)C2)nc2c1c(=O)c(C(=O)O)cn2-c1ncc(F)s1. The molecule has 0 aromatic carbocycles. The van der Waals surface area contributed by atoms with Gasteiger partial charge < -0.3 is 20.1 Å². The number of anilines is 1. The summed E-state index contributed by atoms with van der Waals surface area (Å²) >= 11 is 0.717. The van der Waals surface area contributed by atoms with Crippen molar-refractivity contribution in [2.75, 3.05) is 31.1 Å². The average molecular weight is 502 g/mol. The molecule has 5 heterocycles. The lowest BCUT2D eigenvalue weighted by molar-refractivity contribution is -0.126. The smallest absolute Gasteiger partial charge is 0.341 e. The second-order valence-electron chi connectivity index (χ2n) is 8.83. The number of nitrogens with zero attached hydrogens (tertiary/aromatic N) is 4. The van der Waals surface area contributed by atoms with Gasteiger partial charge >= 0.3 is 5.97 Å². The fraction of sp³-hybridized carbons (Fsp3) is 0.435. The van der Waals surface area contributed by atoms with Crippen LogP contribution in [0.2, 0.25) is 0 Å². The Bertz CT molecular complexity index is 1360. The molecule has 2 N–H and O–H groups in total. The Labute approximate surface area is 203 Å². The number of carbonyl (C=O) groups excluding carboxylic acids is 1. The number of carbonyl (C=O) groups is 2. The van der Waals surface area contributed by atoms with Gasteiger partial charge in [-0.3, -0.25) is 14.2 Å². The number of amides is 1. The van der Waals surface area contributed by atoms with Crippen molar-refractivity contribution in [1.82, 2.24) is 19.9 Å². The Kier molecular flexibility index (Phi) is 6.24. The predicted octanol–water partition coefficient (Wildman–Crippen LogP) is 2.11. The van der Waals surface area contributed by atoms with Crippen molar-refractivity contribution in [3.63, 3.8) is 0 Å². The highest BCUT2D eigenvalue weighted by Gasteiger charge is 2.34. The summed E-state index contributed by atoms with van der Waals surface area (Å²) in [5.41, 5.74) is -0.394. The Hall–Kier alpha value is -3.38. The highest BCUT2D eigenvalue weighted by atomic mass is 32.1. The first-order chi connectivity index (χ1) is 16.8. The largest absolute Gasteiger partial charge is 0.477 e. The molecule has 3 aromatic rings. The van der Waals surface area contributed by atoms with Crippen molar-refractivity contribution in [2.24, 2.45) is 5.92 Å². The Morgan fingerprint density at radius 2 is 2.14 bits per heavy atom. The van der Waals surface area contributed by atoms with E-state index in [2.05, 4.69) is 15.3 Å². The normalized spacial score (nSPS) is 18.5. The van der Waals surface area contributed by atoms with Crippen LogP contribution in [0.15, 0.2) is 23.3 Å². The molecule has 1 atom stereocenters. The van der Waals surface area contributed by atoms with Crippen molar-refractivity contribution in [1.29, 1.82) is 0 Å². The first-order valence-electron chi connectivity index (χ1n) is 11.4. The molecule has 184 valence electrons. The lowest BCUT2D eigenvalue weighted by atomic mass is 9.98. The molecule has 0 bridgehead atoms. The van der Waals surface area contributed by atoms with Crippen LogP contribution in [0.3, 0.4) is 0 Å². The zero-order valence-corrected chi connectivity index (χ0v) is 19.8. The number of aromatic carboxylic acids is 1. The number of halogens is 1. The minimum absolute atomic E-state index is 0.0331. The third-order valence-corrected chi connectivity index (χ3v) is 7.18. The van der Waals surface area contributed by atoms with Crippen LogP contribution in [0.1, 0.15) is 35.2 Å². The summed E-state index contributed by atoms with van der Waals surface area (Å²) in [6.07, 6.45) is 5.34. The highest BCUT2D eigenvalue weighted by molar-refractivity contribution is 7.12. The minimum Gasteiger partial charge on any atom is -0.477 e. The maximum Gasteiger partial charge on any atom is 0.341 e. The van der Waals surface area contributed by atoms with E-state index in [1.54, 1.807) is 13.0 Å². The van der Waals surface area contributed by atoms with Crippen molar-refractivity contribution >= 4 is 40.1 Å². The molecule has 35 heavy (non-hydrogen) atoms. The molecule has 1 amide bonds. The number of rotatable bonds is 6. The molecular formula is C23H24FN5O5S. The molecule has 10 nitrogen and oxygen atoms in total. The van der Waals surface area contributed by atoms with Crippen molar-refractivity contribution in [2.45, 2.75) is 32.3 Å². The van der Waals surface area contributed by atoms with Crippen molar-refractivity contribution in [3.8, 4) is 5.13 Å². The molecule has 1 unspecified atom stereocenters. The van der Waals surface area contributed by atoms with E-state index in [4.69, 9.17) is 4.74 Å². The van der Waals surface area contributed by atoms with E-state index in [-0.39, 0.29) is 34.1 Å². The van der Waals surface area contributed by atoms with E-state index in [9.17, 15) is 23.9 Å². The lowest BCUT2D eigenvalue weighted by Gasteiger charge is -2.39. The molecule has 0 saturated carbocycles. The topological polar surface area (TPSA) is 127 Å². The summed E-state index contributed by atoms with van der Waals surface area (Å²) in [4.78, 5) is 47.6. The third kappa shape index (κ3) is 4.50. The van der Waals surface area contributed by atoms with Gasteiger partial charge in [-0.25, -0.2) is 14.8 Å². The van der Waals surface area contributed by atoms with Crippen LogP contribution in [-0.4, -0.2) is 63.9 Å². The van der Waals surface area contributed by atoms with Crippen LogP contribution in [0, 0.1) is 18.0 Å². The van der Waals surface area contributed by atoms with Gasteiger partial charge in [-0.05, 0) is 37.8 Å². The molecule has 12 heteroatoms. The number of carboxylic acids is 1. The van der Waals surface area contributed by atoms with Gasteiger partial charge in [0.25, 0.3) is 0 Å². The van der Waals surface area contributed by atoms with E-state index in [1.165, 1.54) is 4.57 Å². The number of fused-ring (bicyclic) bond motifs is 1. The number of hydrogen-bond acceptors (Lipinski definition) is 8. The second-order valence-corrected chi connectivity index (χ2v) is 9.78. The number of pyridine rings is 2. The zero-order chi connectivity index (χ0) is 24.7. The highest BCUT2D eigenvalue weighted by Crippen LogP contribution is 2.29. The van der Waals surface area contributed by atoms with Crippen molar-refractivity contribution in [3.05, 3.63) is 44.9 Å². The summed E-state index contributed by atoms with van der Waals surface area (Å²) in [5, 5.41) is 12.2. The summed E-state index contributed by atoms with van der Waals surface area (Å²) in [5.74, 6) is -1.07. The number of hydrogen-bond donors (Lipinski definition) is 2. The van der Waals surface area contributed by atoms with Crippen LogP contribution in [0.4, 0.5) is 10.2 Å². The Morgan fingerprint density at radius 3 is 2.80 bits per heavy atom. The summed E-state index contributed by atoms with van der Waals surface area (Å²) in [6, 6.07) is 1.70. The van der Waals surface area contributed by atoms with Gasteiger partial charge in [-0.1, -0.05) is 11.3 Å². The maximum atomic E-state index is 13.7. The second kappa shape index (κ2) is 9.34. The molecule has 0 aliphatic carbocycles. The third-order valence-electron chi connectivity index (χ3n) is 6.40. The van der Waals surface area contributed by atoms with E-state index in [1.807, 2.05) is 4.90 Å². The lowest BCUT2D eigenvalue weighted by Crippen LogP contribution is -2.55. The summed E-state index contributed by atoms with van der Waals surface area (Å²) in [6.45, 7) is 3.85. The Balaban J connectivity index is 1.40. The quantitative estimate of drug-likeness (QED) is 0.526. The Morgan fingerprint density at radius 1 is 1.34 bits per heavy atom. The molecule has 0 spiro atoms. The average Bonchev–Trinajstić information content (AvgIpc) is 3.23. The first kappa shape index (κ1) is 23.4. The van der Waals surface area contributed by atoms with Crippen LogP contribution in [0.5, 0.6) is 0 Å². The summed E-state index contributed by atoms with van der Waals surface area (Å²) < 4.78 is 20.7. The molecule has 3 aromatic heterocycles. The van der Waals surface area contributed by atoms with E-state index >= 15 is 0 Å². The van der Waals surface area contributed by atoms with Crippen LogP contribution < -0.4 is 15.6 Å². The van der Waals surface area contributed by atoms with Gasteiger partial charge in [0.2, 0.25) is 11.3 Å². The van der Waals surface area contributed by atoms with Crippen LogP contribution in [0.25, 0.3) is 16.2 Å². The molecule has 5 rings (SSSR count). The first-order valence-corrected chi connectivity index (χ1v) is 12.2. The molecule has 2 aliphatic heterocycles. The molecule has 0 radical (unpaired) electrons. The number of nitrogens with one attached hydrogen (secondary N) is 1. The minimum atomic E-state index is -1.39. The molecule has 2 saturated heterocycles. The summed E-state index contributed by atoms with van der Waals surface area (Å²) in [7, 11) is 0. The number of aromatic nitrogens is 3. The molecule has 2 aliphatic rings. The maximum absolute atomic E-state index is 13.7. The van der Waals surface area contributed by atoms with E-state index < -0.39 is 22.1 Å². The fourth-order valence-electron chi connectivity index (χ4n) is 4.45. The van der Waals surface area contributed by atoms with Gasteiger partial charge in [-0.15, -0.1) is 0 Å². The number of carboxylic acid groups (broad SMARTS) is 1. The predicted molar refractivity (Wildman–Crippen MR) is 127 cm³/mol. The van der Waals surface area contributed by atoms with Crippen molar-refractivity contribution < 1.29 is 23.8 Å². The monoisotopic (exact) mass is 501 g/mol. The van der Waals surface area contributed by atoms with Gasteiger partial charge in [0.1, 0.15) is 11.4 Å². The van der Waals surface area contributed by atoms with Crippen LogP contribution in [-0.2, 0) is 9.53 Å². The number of ether oxygens (including phenoxy) is 1. The number of aryl methyl sites for hydroxylation is 1. The van der Waals surface area contributed by atoms with Gasteiger partial charge in [0, 0.05) is 32.4 Å². The molecule has 2 fully saturated rings. The van der Waals surface area contributed by atoms with Gasteiger partial charge in [-0.2, -0.15) is 4.39 Å². The van der Waals surface area contributed by atoms with Gasteiger partial charge in [0.05, 0.1) is 23.6 Å². The van der Waals surface area contributed by atoms with E-state index in [0.717, 1.165) is 38.3 Å².